The minimum absolute atomic E-state index is 0.107. The monoisotopic (exact) mass is 324 g/mol. The normalized spacial score (nSPS) is 10.2. The van der Waals surface area contributed by atoms with Crippen molar-refractivity contribution < 1.29 is 23.2 Å². The SMILES string of the molecule is COc1cc(NCCOc2cccc(F)c2)c([N+](=O)[O-])cc1F. The van der Waals surface area contributed by atoms with Crippen molar-refractivity contribution in [3.8, 4) is 11.5 Å². The quantitative estimate of drug-likeness (QED) is 0.480. The van der Waals surface area contributed by atoms with Gasteiger partial charge in [0.15, 0.2) is 11.6 Å². The van der Waals surface area contributed by atoms with Gasteiger partial charge in [-0.2, -0.15) is 0 Å². The zero-order chi connectivity index (χ0) is 16.8. The Balaban J connectivity index is 2.00. The molecule has 6 nitrogen and oxygen atoms in total. The van der Waals surface area contributed by atoms with Crippen molar-refractivity contribution in [1.82, 2.24) is 0 Å². The van der Waals surface area contributed by atoms with E-state index in [1.807, 2.05) is 0 Å². The minimum atomic E-state index is -0.819. The predicted molar refractivity (Wildman–Crippen MR) is 80.0 cm³/mol. The molecule has 0 fully saturated rings. The molecule has 0 saturated carbocycles. The third-order valence-electron chi connectivity index (χ3n) is 2.95. The van der Waals surface area contributed by atoms with Crippen molar-refractivity contribution in [3.63, 3.8) is 0 Å². The van der Waals surface area contributed by atoms with Crippen molar-refractivity contribution in [2.75, 3.05) is 25.6 Å². The Labute approximate surface area is 130 Å². The first-order chi connectivity index (χ1) is 11.0. The zero-order valence-electron chi connectivity index (χ0n) is 12.2. The summed E-state index contributed by atoms with van der Waals surface area (Å²) in [4.78, 5) is 10.3. The van der Waals surface area contributed by atoms with Gasteiger partial charge in [-0.1, -0.05) is 6.07 Å². The van der Waals surface area contributed by atoms with Crippen molar-refractivity contribution in [3.05, 3.63) is 58.1 Å². The lowest BCUT2D eigenvalue weighted by Gasteiger charge is -2.10. The highest BCUT2D eigenvalue weighted by molar-refractivity contribution is 5.64. The standard InChI is InChI=1S/C15H14F2N2O4/c1-22-15-9-13(14(19(20)21)8-12(15)17)18-5-6-23-11-4-2-3-10(16)7-11/h2-4,7-9,18H,5-6H2,1H3. The third-order valence-corrected chi connectivity index (χ3v) is 2.95. The predicted octanol–water partition coefficient (Wildman–Crippen LogP) is 3.37. The van der Waals surface area contributed by atoms with Crippen LogP contribution in [-0.2, 0) is 0 Å². The molecule has 0 unspecified atom stereocenters. The van der Waals surface area contributed by atoms with Crippen LogP contribution in [0.4, 0.5) is 20.2 Å². The van der Waals surface area contributed by atoms with Gasteiger partial charge in [-0.05, 0) is 12.1 Å². The summed E-state index contributed by atoms with van der Waals surface area (Å²) < 4.78 is 36.6. The highest BCUT2D eigenvalue weighted by Crippen LogP contribution is 2.31. The Bertz CT molecular complexity index is 710. The molecule has 0 amide bonds. The molecule has 0 spiro atoms. The molecule has 0 aromatic heterocycles. The van der Waals surface area contributed by atoms with E-state index in [0.717, 1.165) is 6.07 Å². The molecule has 122 valence electrons. The van der Waals surface area contributed by atoms with Gasteiger partial charge in [-0.15, -0.1) is 0 Å². The second-order valence-corrected chi connectivity index (χ2v) is 4.49. The van der Waals surface area contributed by atoms with E-state index in [-0.39, 0.29) is 24.6 Å². The van der Waals surface area contributed by atoms with Crippen molar-refractivity contribution in [2.24, 2.45) is 0 Å². The molecule has 8 heteroatoms. The molecule has 0 aliphatic heterocycles. The van der Waals surface area contributed by atoms with Gasteiger partial charge in [0.05, 0.1) is 18.1 Å². The van der Waals surface area contributed by atoms with E-state index < -0.39 is 22.2 Å². The summed E-state index contributed by atoms with van der Waals surface area (Å²) in [5.74, 6) is -1.00. The lowest BCUT2D eigenvalue weighted by molar-refractivity contribution is -0.384. The van der Waals surface area contributed by atoms with Gasteiger partial charge in [0.2, 0.25) is 0 Å². The fraction of sp³-hybridized carbons (Fsp3) is 0.200. The van der Waals surface area contributed by atoms with Gasteiger partial charge < -0.3 is 14.8 Å². The molecule has 2 rings (SSSR count). The molecule has 0 aliphatic rings. The Kier molecular flexibility index (Phi) is 5.29. The summed E-state index contributed by atoms with van der Waals surface area (Å²) in [5.41, 5.74) is -0.301. The fourth-order valence-electron chi connectivity index (χ4n) is 1.90. The van der Waals surface area contributed by atoms with E-state index in [1.165, 1.54) is 31.4 Å². The first-order valence-corrected chi connectivity index (χ1v) is 6.65. The summed E-state index contributed by atoms with van der Waals surface area (Å²) in [6.07, 6.45) is 0. The molecule has 2 aromatic rings. The van der Waals surface area contributed by atoms with Crippen LogP contribution in [0.25, 0.3) is 0 Å². The number of methoxy groups -OCH3 is 1. The number of halogens is 2. The maximum absolute atomic E-state index is 13.5. The number of nitrogens with zero attached hydrogens (tertiary/aromatic N) is 1. The number of benzene rings is 2. The Morgan fingerprint density at radius 1 is 1.26 bits per heavy atom. The molecule has 1 N–H and O–H groups in total. The summed E-state index contributed by atoms with van der Waals surface area (Å²) in [6, 6.07) is 7.60. The molecule has 0 radical (unpaired) electrons. The van der Waals surface area contributed by atoms with E-state index in [1.54, 1.807) is 6.07 Å². The summed E-state index contributed by atoms with van der Waals surface area (Å²) in [6.45, 7) is 0.340. The number of nitrogens with one attached hydrogen (secondary N) is 1. The largest absolute Gasteiger partial charge is 0.494 e. The van der Waals surface area contributed by atoms with Crippen LogP contribution in [0, 0.1) is 21.7 Å². The van der Waals surface area contributed by atoms with Crippen LogP contribution >= 0.6 is 0 Å². The van der Waals surface area contributed by atoms with Crippen molar-refractivity contribution in [1.29, 1.82) is 0 Å². The topological polar surface area (TPSA) is 73.6 Å². The van der Waals surface area contributed by atoms with Gasteiger partial charge in [-0.25, -0.2) is 8.78 Å². The molecule has 2 aromatic carbocycles. The van der Waals surface area contributed by atoms with Crippen LogP contribution in [0.1, 0.15) is 0 Å². The van der Waals surface area contributed by atoms with Gasteiger partial charge in [0.1, 0.15) is 23.9 Å². The van der Waals surface area contributed by atoms with Gasteiger partial charge >= 0.3 is 0 Å². The number of nitro benzene ring substituents is 1. The van der Waals surface area contributed by atoms with Gasteiger partial charge in [0.25, 0.3) is 5.69 Å². The number of nitro groups is 1. The Hall–Kier alpha value is -2.90. The molecule has 0 atom stereocenters. The van der Waals surface area contributed by atoms with Crippen LogP contribution in [0.5, 0.6) is 11.5 Å². The third kappa shape index (κ3) is 4.29. The lowest BCUT2D eigenvalue weighted by Crippen LogP contribution is -2.13. The van der Waals surface area contributed by atoms with E-state index in [2.05, 4.69) is 5.32 Å². The molecular formula is C15H14F2N2O4. The molecule has 23 heavy (non-hydrogen) atoms. The van der Waals surface area contributed by atoms with Gasteiger partial charge in [-0.3, -0.25) is 10.1 Å². The minimum Gasteiger partial charge on any atom is -0.494 e. The molecule has 0 saturated heterocycles. The first-order valence-electron chi connectivity index (χ1n) is 6.65. The summed E-state index contributed by atoms with van der Waals surface area (Å²) >= 11 is 0. The maximum atomic E-state index is 13.5. The summed E-state index contributed by atoms with van der Waals surface area (Å²) in [5, 5.41) is 13.7. The molecule has 0 heterocycles. The van der Waals surface area contributed by atoms with Crippen LogP contribution < -0.4 is 14.8 Å². The van der Waals surface area contributed by atoms with E-state index in [0.29, 0.717) is 5.75 Å². The number of hydrogen-bond acceptors (Lipinski definition) is 5. The fourth-order valence-corrected chi connectivity index (χ4v) is 1.90. The second kappa shape index (κ2) is 7.39. The highest BCUT2D eigenvalue weighted by atomic mass is 19.1. The van der Waals surface area contributed by atoms with Crippen LogP contribution in [-0.4, -0.2) is 25.2 Å². The number of hydrogen-bond donors (Lipinski definition) is 1. The molecule has 0 aliphatic carbocycles. The van der Waals surface area contributed by atoms with Crippen LogP contribution in [0.3, 0.4) is 0 Å². The van der Waals surface area contributed by atoms with E-state index in [9.17, 15) is 18.9 Å². The highest BCUT2D eigenvalue weighted by Gasteiger charge is 2.18. The van der Waals surface area contributed by atoms with Crippen molar-refractivity contribution >= 4 is 11.4 Å². The number of ether oxygens (including phenoxy) is 2. The number of anilines is 1. The van der Waals surface area contributed by atoms with E-state index in [4.69, 9.17) is 9.47 Å². The second-order valence-electron chi connectivity index (χ2n) is 4.49. The molecular weight excluding hydrogens is 310 g/mol. The Morgan fingerprint density at radius 2 is 2.04 bits per heavy atom. The smallest absolute Gasteiger partial charge is 0.295 e. The van der Waals surface area contributed by atoms with Crippen LogP contribution in [0.2, 0.25) is 0 Å². The first kappa shape index (κ1) is 16.5. The summed E-state index contributed by atoms with van der Waals surface area (Å²) in [7, 11) is 1.26. The average molecular weight is 324 g/mol. The average Bonchev–Trinajstić information content (AvgIpc) is 2.52. The van der Waals surface area contributed by atoms with Crippen molar-refractivity contribution in [2.45, 2.75) is 0 Å². The van der Waals surface area contributed by atoms with Gasteiger partial charge in [0, 0.05) is 18.7 Å². The number of rotatable bonds is 7. The van der Waals surface area contributed by atoms with Crippen LogP contribution in [0.15, 0.2) is 36.4 Å². The lowest BCUT2D eigenvalue weighted by atomic mass is 10.2. The van der Waals surface area contributed by atoms with E-state index >= 15 is 0 Å². The molecule has 0 bridgehead atoms. The Morgan fingerprint density at radius 3 is 2.70 bits per heavy atom. The maximum Gasteiger partial charge on any atom is 0.295 e. The zero-order valence-corrected chi connectivity index (χ0v) is 12.2.